The Bertz CT molecular complexity index is 479. The van der Waals surface area contributed by atoms with Gasteiger partial charge in [-0.05, 0) is 25.7 Å². The van der Waals surface area contributed by atoms with Crippen molar-refractivity contribution in [2.45, 2.75) is 52.7 Å². The Morgan fingerprint density at radius 2 is 2.20 bits per heavy atom. The van der Waals surface area contributed by atoms with Gasteiger partial charge in [0.1, 0.15) is 0 Å². The summed E-state index contributed by atoms with van der Waals surface area (Å²) in [6.07, 6.45) is 1.20. The van der Waals surface area contributed by atoms with Crippen molar-refractivity contribution in [3.8, 4) is 0 Å². The van der Waals surface area contributed by atoms with Crippen LogP contribution in [0.25, 0.3) is 0 Å². The second-order valence-corrected chi connectivity index (χ2v) is 6.31. The molecule has 0 fully saturated rings. The van der Waals surface area contributed by atoms with Crippen LogP contribution in [-0.4, -0.2) is 28.2 Å². The van der Waals surface area contributed by atoms with Crippen LogP contribution < -0.4 is 10.2 Å². The first-order valence-corrected chi connectivity index (χ1v) is 7.87. The highest BCUT2D eigenvalue weighted by Crippen LogP contribution is 2.04. The average molecular weight is 300 g/mol. The normalized spacial score (nSPS) is 12.7. The fourth-order valence-electron chi connectivity index (χ4n) is 2.02. The summed E-state index contributed by atoms with van der Waals surface area (Å²) in [6, 6.07) is 0. The predicted octanol–water partition coefficient (Wildman–Crippen LogP) is 1.52. The van der Waals surface area contributed by atoms with E-state index in [-0.39, 0.29) is 10.8 Å². The number of nitrogens with zero attached hydrogens (tertiary/aromatic N) is 1. The molecular weight excluding hydrogens is 276 g/mol. The molecule has 1 unspecified atom stereocenters. The summed E-state index contributed by atoms with van der Waals surface area (Å²) in [5, 5.41) is 14.2. The van der Waals surface area contributed by atoms with Crippen LogP contribution in [-0.2, 0) is 11.3 Å². The zero-order valence-electron chi connectivity index (χ0n) is 12.4. The van der Waals surface area contributed by atoms with E-state index in [1.54, 1.807) is 4.57 Å². The van der Waals surface area contributed by atoms with Gasteiger partial charge in [0.15, 0.2) is 0 Å². The number of hydrogen-bond acceptors (Lipinski definition) is 4. The van der Waals surface area contributed by atoms with Crippen LogP contribution in [0.15, 0.2) is 10.2 Å². The minimum absolute atomic E-state index is 0.0234. The lowest BCUT2D eigenvalue weighted by Crippen LogP contribution is -2.32. The lowest BCUT2D eigenvalue weighted by Gasteiger charge is -2.13. The van der Waals surface area contributed by atoms with Crippen molar-refractivity contribution in [1.29, 1.82) is 0 Å². The molecule has 0 bridgehead atoms. The van der Waals surface area contributed by atoms with Gasteiger partial charge in [0.25, 0.3) is 0 Å². The molecule has 0 aliphatic heterocycles. The van der Waals surface area contributed by atoms with Crippen LogP contribution in [0, 0.1) is 12.8 Å². The van der Waals surface area contributed by atoms with Crippen molar-refractivity contribution in [2.75, 3.05) is 6.54 Å². The molecule has 1 rings (SSSR count). The highest BCUT2D eigenvalue weighted by molar-refractivity contribution is 7.07. The van der Waals surface area contributed by atoms with Gasteiger partial charge in [-0.2, -0.15) is 0 Å². The lowest BCUT2D eigenvalue weighted by atomic mass is 10.1. The van der Waals surface area contributed by atoms with E-state index in [0.29, 0.717) is 38.3 Å². The molecule has 6 heteroatoms. The van der Waals surface area contributed by atoms with Gasteiger partial charge in [0.05, 0.1) is 6.10 Å². The van der Waals surface area contributed by atoms with E-state index in [4.69, 9.17) is 0 Å². The monoisotopic (exact) mass is 300 g/mol. The molecule has 1 aromatic rings. The molecule has 0 saturated heterocycles. The molecule has 1 amide bonds. The largest absolute Gasteiger partial charge is 0.391 e. The molecular formula is C14H24N2O3S. The number of carbonyl (C=O) groups is 1. The van der Waals surface area contributed by atoms with Gasteiger partial charge in [0.2, 0.25) is 5.91 Å². The number of aliphatic hydroxyl groups is 1. The van der Waals surface area contributed by atoms with Crippen molar-refractivity contribution in [2.24, 2.45) is 5.92 Å². The fraction of sp³-hybridized carbons (Fsp3) is 0.714. The molecule has 5 nitrogen and oxygen atoms in total. The number of aryl methyl sites for hydroxylation is 1. The number of aromatic nitrogens is 1. The molecule has 1 aromatic heterocycles. The molecule has 0 aromatic carbocycles. The maximum Gasteiger partial charge on any atom is 0.307 e. The van der Waals surface area contributed by atoms with Crippen LogP contribution in [0.3, 0.4) is 0 Å². The minimum Gasteiger partial charge on any atom is -0.391 e. The van der Waals surface area contributed by atoms with E-state index < -0.39 is 6.10 Å². The van der Waals surface area contributed by atoms with Crippen LogP contribution in [0.5, 0.6) is 0 Å². The first kappa shape index (κ1) is 16.9. The number of carbonyl (C=O) groups excluding carboxylic acids is 1. The SMILES string of the molecule is Cc1csc(=O)n1CCCC(=O)NCC(O)CC(C)C. The number of rotatable bonds is 8. The van der Waals surface area contributed by atoms with Gasteiger partial charge in [-0.1, -0.05) is 25.2 Å². The molecule has 1 heterocycles. The maximum absolute atomic E-state index is 11.6. The number of thiazole rings is 1. The standard InChI is InChI=1S/C14H24N2O3S/c1-10(2)7-12(17)8-15-13(18)5-4-6-16-11(3)9-20-14(16)19/h9-10,12,17H,4-8H2,1-3H3,(H,15,18). The zero-order valence-corrected chi connectivity index (χ0v) is 13.2. The van der Waals surface area contributed by atoms with Gasteiger partial charge in [-0.25, -0.2) is 0 Å². The molecule has 2 N–H and O–H groups in total. The van der Waals surface area contributed by atoms with Crippen molar-refractivity contribution >= 4 is 17.2 Å². The first-order chi connectivity index (χ1) is 9.40. The molecule has 0 spiro atoms. The number of hydrogen-bond donors (Lipinski definition) is 2. The third-order valence-corrected chi connectivity index (χ3v) is 3.92. The maximum atomic E-state index is 11.6. The van der Waals surface area contributed by atoms with Gasteiger partial charge in [-0.15, -0.1) is 0 Å². The van der Waals surface area contributed by atoms with Gasteiger partial charge in [-0.3, -0.25) is 9.59 Å². The van der Waals surface area contributed by atoms with E-state index in [2.05, 4.69) is 5.32 Å². The van der Waals surface area contributed by atoms with E-state index >= 15 is 0 Å². The second kappa shape index (κ2) is 8.21. The van der Waals surface area contributed by atoms with E-state index in [1.165, 1.54) is 11.3 Å². The molecule has 0 saturated carbocycles. The molecule has 0 aliphatic carbocycles. The van der Waals surface area contributed by atoms with Crippen molar-refractivity contribution in [3.05, 3.63) is 20.7 Å². The quantitative estimate of drug-likeness (QED) is 0.764. The predicted molar refractivity (Wildman–Crippen MR) is 81.0 cm³/mol. The highest BCUT2D eigenvalue weighted by Gasteiger charge is 2.09. The average Bonchev–Trinajstić information content (AvgIpc) is 2.67. The summed E-state index contributed by atoms with van der Waals surface area (Å²) in [5.74, 6) is 0.337. The smallest absolute Gasteiger partial charge is 0.307 e. The molecule has 20 heavy (non-hydrogen) atoms. The van der Waals surface area contributed by atoms with Gasteiger partial charge >= 0.3 is 4.87 Å². The summed E-state index contributed by atoms with van der Waals surface area (Å²) in [7, 11) is 0. The Morgan fingerprint density at radius 3 is 2.75 bits per heavy atom. The van der Waals surface area contributed by atoms with Crippen molar-refractivity contribution < 1.29 is 9.90 Å². The Kier molecular flexibility index (Phi) is 6.95. The lowest BCUT2D eigenvalue weighted by molar-refractivity contribution is -0.121. The van der Waals surface area contributed by atoms with Crippen molar-refractivity contribution in [1.82, 2.24) is 9.88 Å². The highest BCUT2D eigenvalue weighted by atomic mass is 32.1. The minimum atomic E-state index is -0.485. The van der Waals surface area contributed by atoms with E-state index in [1.807, 2.05) is 26.2 Å². The van der Waals surface area contributed by atoms with E-state index in [9.17, 15) is 14.7 Å². The summed E-state index contributed by atoms with van der Waals surface area (Å²) in [6.45, 7) is 6.82. The number of nitrogens with one attached hydrogen (secondary N) is 1. The van der Waals surface area contributed by atoms with Gasteiger partial charge in [0, 0.05) is 30.6 Å². The molecule has 0 radical (unpaired) electrons. The summed E-state index contributed by atoms with van der Waals surface area (Å²) in [4.78, 5) is 23.1. The van der Waals surface area contributed by atoms with Crippen LogP contribution in [0.2, 0.25) is 0 Å². The molecule has 1 atom stereocenters. The Hall–Kier alpha value is -1.14. The van der Waals surface area contributed by atoms with Crippen LogP contribution in [0.1, 0.15) is 38.8 Å². The summed E-state index contributed by atoms with van der Waals surface area (Å²) >= 11 is 1.18. The van der Waals surface area contributed by atoms with Gasteiger partial charge < -0.3 is 15.0 Å². The number of amides is 1. The number of aliphatic hydroxyl groups excluding tert-OH is 1. The first-order valence-electron chi connectivity index (χ1n) is 6.99. The van der Waals surface area contributed by atoms with E-state index in [0.717, 1.165) is 5.69 Å². The topological polar surface area (TPSA) is 71.3 Å². The Morgan fingerprint density at radius 1 is 1.50 bits per heavy atom. The summed E-state index contributed by atoms with van der Waals surface area (Å²) < 4.78 is 1.69. The third-order valence-electron chi connectivity index (χ3n) is 3.04. The zero-order chi connectivity index (χ0) is 15.1. The molecule has 0 aliphatic rings. The third kappa shape index (κ3) is 5.88. The van der Waals surface area contributed by atoms with Crippen molar-refractivity contribution in [3.63, 3.8) is 0 Å². The van der Waals surface area contributed by atoms with Crippen LogP contribution in [0.4, 0.5) is 0 Å². The fourth-order valence-corrected chi connectivity index (χ4v) is 2.78. The Balaban J connectivity index is 2.22. The molecule has 114 valence electrons. The van der Waals surface area contributed by atoms with Crippen LogP contribution >= 0.6 is 11.3 Å². The summed E-state index contributed by atoms with van der Waals surface area (Å²) in [5.41, 5.74) is 0.938. The Labute approximate surface area is 123 Å². The second-order valence-electron chi connectivity index (χ2n) is 5.49.